The molecule has 0 heterocycles. The van der Waals surface area contributed by atoms with Gasteiger partial charge in [-0.15, -0.1) is 0 Å². The van der Waals surface area contributed by atoms with Crippen molar-refractivity contribution < 1.29 is 10.0 Å². The third kappa shape index (κ3) is 4.28. The lowest BCUT2D eigenvalue weighted by molar-refractivity contribution is -0.121. The number of carbonyl (C=O) groups is 1. The van der Waals surface area contributed by atoms with Crippen molar-refractivity contribution in [3.8, 4) is 0 Å². The highest BCUT2D eigenvalue weighted by Gasteiger charge is 2.20. The molecule has 4 N–H and O–H groups in total. The van der Waals surface area contributed by atoms with Gasteiger partial charge in [0.2, 0.25) is 5.91 Å². The zero-order chi connectivity index (χ0) is 14.4. The predicted octanol–water partition coefficient (Wildman–Crippen LogP) is 1.42. The summed E-state index contributed by atoms with van der Waals surface area (Å²) in [5.74, 6) is -0.0653. The van der Waals surface area contributed by atoms with Crippen LogP contribution in [-0.4, -0.2) is 23.0 Å². The Bertz CT molecular complexity index is 470. The fourth-order valence-electron chi connectivity index (χ4n) is 1.85. The normalized spacial score (nSPS) is 13.4. The van der Waals surface area contributed by atoms with E-state index in [0.29, 0.717) is 0 Å². The van der Waals surface area contributed by atoms with Crippen LogP contribution < -0.4 is 11.1 Å². The minimum Gasteiger partial charge on any atom is -0.409 e. The third-order valence-electron chi connectivity index (χ3n) is 3.03. The Morgan fingerprint density at radius 1 is 1.42 bits per heavy atom. The van der Waals surface area contributed by atoms with Gasteiger partial charge in [0.1, 0.15) is 0 Å². The Balaban J connectivity index is 2.71. The first-order valence-electron chi connectivity index (χ1n) is 6.27. The van der Waals surface area contributed by atoms with Crippen LogP contribution in [0.3, 0.4) is 0 Å². The number of carbonyl (C=O) groups excluding carboxylic acids is 1. The first kappa shape index (κ1) is 15.0. The fraction of sp³-hybridized carbons (Fsp3) is 0.429. The zero-order valence-electron chi connectivity index (χ0n) is 11.6. The molecule has 0 aliphatic rings. The Morgan fingerprint density at radius 3 is 2.58 bits per heavy atom. The van der Waals surface area contributed by atoms with E-state index in [0.717, 1.165) is 11.1 Å². The summed E-state index contributed by atoms with van der Waals surface area (Å²) in [4.78, 5) is 12.0. The van der Waals surface area contributed by atoms with Gasteiger partial charge < -0.3 is 16.3 Å². The molecule has 0 fully saturated rings. The molecule has 0 saturated carbocycles. The molecule has 1 aromatic rings. The maximum Gasteiger partial charge on any atom is 0.225 e. The maximum atomic E-state index is 12.0. The fourth-order valence-corrected chi connectivity index (χ4v) is 1.85. The Labute approximate surface area is 113 Å². The summed E-state index contributed by atoms with van der Waals surface area (Å²) in [7, 11) is 0. The molecule has 0 aliphatic heterocycles. The van der Waals surface area contributed by atoms with Crippen molar-refractivity contribution in [1.82, 2.24) is 5.32 Å². The molecular weight excluding hydrogens is 242 g/mol. The first-order valence-corrected chi connectivity index (χ1v) is 6.27. The van der Waals surface area contributed by atoms with Crippen LogP contribution in [0.15, 0.2) is 29.4 Å². The van der Waals surface area contributed by atoms with Crippen molar-refractivity contribution in [2.75, 3.05) is 0 Å². The summed E-state index contributed by atoms with van der Waals surface area (Å²) in [5.41, 5.74) is 7.62. The molecular formula is C14H21N3O2. The summed E-state index contributed by atoms with van der Waals surface area (Å²) in [6, 6.07) is 7.26. The quantitative estimate of drug-likeness (QED) is 0.325. The number of nitrogens with zero attached hydrogens (tertiary/aromatic N) is 1. The van der Waals surface area contributed by atoms with Crippen LogP contribution in [-0.2, 0) is 11.2 Å². The van der Waals surface area contributed by atoms with Gasteiger partial charge in [-0.3, -0.25) is 4.79 Å². The molecule has 104 valence electrons. The second kappa shape index (κ2) is 6.78. The average molecular weight is 263 g/mol. The van der Waals surface area contributed by atoms with Crippen LogP contribution in [0.5, 0.6) is 0 Å². The van der Waals surface area contributed by atoms with Crippen LogP contribution >= 0.6 is 0 Å². The topological polar surface area (TPSA) is 87.7 Å². The zero-order valence-corrected chi connectivity index (χ0v) is 11.6. The number of rotatable bonds is 5. The van der Waals surface area contributed by atoms with E-state index < -0.39 is 6.04 Å². The molecule has 1 amide bonds. The van der Waals surface area contributed by atoms with Crippen LogP contribution in [0.4, 0.5) is 0 Å². The highest BCUT2D eigenvalue weighted by molar-refractivity contribution is 5.90. The molecule has 1 unspecified atom stereocenters. The number of hydrogen-bond acceptors (Lipinski definition) is 3. The molecule has 0 spiro atoms. The van der Waals surface area contributed by atoms with Crippen LogP contribution in [0, 0.1) is 12.8 Å². The van der Waals surface area contributed by atoms with Gasteiger partial charge in [-0.25, -0.2) is 0 Å². The largest absolute Gasteiger partial charge is 0.409 e. The van der Waals surface area contributed by atoms with Gasteiger partial charge in [0.05, 0.1) is 12.5 Å². The third-order valence-corrected chi connectivity index (χ3v) is 3.03. The number of nitrogens with one attached hydrogen (secondary N) is 1. The van der Waals surface area contributed by atoms with E-state index in [1.807, 2.05) is 45.0 Å². The highest BCUT2D eigenvalue weighted by atomic mass is 16.4. The van der Waals surface area contributed by atoms with E-state index >= 15 is 0 Å². The smallest absolute Gasteiger partial charge is 0.225 e. The molecule has 0 radical (unpaired) electrons. The molecule has 5 heteroatoms. The van der Waals surface area contributed by atoms with E-state index in [1.165, 1.54) is 0 Å². The monoisotopic (exact) mass is 263 g/mol. The summed E-state index contributed by atoms with van der Waals surface area (Å²) >= 11 is 0. The van der Waals surface area contributed by atoms with Crippen LogP contribution in [0.1, 0.15) is 25.0 Å². The first-order chi connectivity index (χ1) is 8.95. The molecule has 0 saturated heterocycles. The Kier molecular flexibility index (Phi) is 5.36. The van der Waals surface area contributed by atoms with Gasteiger partial charge in [0.15, 0.2) is 5.84 Å². The lowest BCUT2D eigenvalue weighted by atomic mass is 10.0. The number of hydrogen-bond donors (Lipinski definition) is 3. The molecule has 0 aromatic heterocycles. The summed E-state index contributed by atoms with van der Waals surface area (Å²) in [6.45, 7) is 5.76. The lowest BCUT2D eigenvalue weighted by Crippen LogP contribution is -2.48. The van der Waals surface area contributed by atoms with E-state index in [-0.39, 0.29) is 24.1 Å². The second-order valence-corrected chi connectivity index (χ2v) is 4.92. The SMILES string of the molecule is Cc1ccccc1CC(=O)NC(C(N)=NO)C(C)C. The van der Waals surface area contributed by atoms with Crippen molar-refractivity contribution in [3.63, 3.8) is 0 Å². The number of nitrogens with two attached hydrogens (primary N) is 1. The molecule has 19 heavy (non-hydrogen) atoms. The van der Waals surface area contributed by atoms with Gasteiger partial charge in [-0.1, -0.05) is 43.3 Å². The standard InChI is InChI=1S/C14H21N3O2/c1-9(2)13(14(15)17-19)16-12(18)8-11-7-5-4-6-10(11)3/h4-7,9,13,19H,8H2,1-3H3,(H2,15,17)(H,16,18). The van der Waals surface area contributed by atoms with Gasteiger partial charge >= 0.3 is 0 Å². The molecule has 1 atom stereocenters. The minimum atomic E-state index is -0.457. The van der Waals surface area contributed by atoms with Gasteiger partial charge in [-0.05, 0) is 24.0 Å². The predicted molar refractivity (Wildman–Crippen MR) is 75.1 cm³/mol. The van der Waals surface area contributed by atoms with E-state index in [9.17, 15) is 4.79 Å². The van der Waals surface area contributed by atoms with Crippen LogP contribution in [0.25, 0.3) is 0 Å². The van der Waals surface area contributed by atoms with Crippen molar-refractivity contribution in [1.29, 1.82) is 0 Å². The Hall–Kier alpha value is -2.04. The average Bonchev–Trinajstić information content (AvgIpc) is 2.37. The number of oxime groups is 1. The van der Waals surface area contributed by atoms with E-state index in [2.05, 4.69) is 10.5 Å². The molecule has 1 rings (SSSR count). The number of benzene rings is 1. The van der Waals surface area contributed by atoms with Crippen molar-refractivity contribution in [3.05, 3.63) is 35.4 Å². The summed E-state index contributed by atoms with van der Waals surface area (Å²) in [5, 5.41) is 14.5. The van der Waals surface area contributed by atoms with E-state index in [4.69, 9.17) is 10.9 Å². The number of amidine groups is 1. The Morgan fingerprint density at radius 2 is 2.05 bits per heavy atom. The van der Waals surface area contributed by atoms with Crippen LogP contribution in [0.2, 0.25) is 0 Å². The van der Waals surface area contributed by atoms with Crippen molar-refractivity contribution >= 4 is 11.7 Å². The molecule has 1 aromatic carbocycles. The number of amides is 1. The molecule has 0 bridgehead atoms. The lowest BCUT2D eigenvalue weighted by Gasteiger charge is -2.21. The second-order valence-electron chi connectivity index (χ2n) is 4.92. The van der Waals surface area contributed by atoms with Crippen molar-refractivity contribution in [2.45, 2.75) is 33.2 Å². The maximum absolute atomic E-state index is 12.0. The van der Waals surface area contributed by atoms with Gasteiger partial charge in [0.25, 0.3) is 0 Å². The summed E-state index contributed by atoms with van der Waals surface area (Å²) < 4.78 is 0. The molecule has 5 nitrogen and oxygen atoms in total. The number of aryl methyl sites for hydroxylation is 1. The van der Waals surface area contributed by atoms with E-state index in [1.54, 1.807) is 0 Å². The van der Waals surface area contributed by atoms with Gasteiger partial charge in [-0.2, -0.15) is 0 Å². The highest BCUT2D eigenvalue weighted by Crippen LogP contribution is 2.08. The van der Waals surface area contributed by atoms with Crippen molar-refractivity contribution in [2.24, 2.45) is 16.8 Å². The summed E-state index contributed by atoms with van der Waals surface area (Å²) in [6.07, 6.45) is 0.286. The molecule has 0 aliphatic carbocycles. The minimum absolute atomic E-state index is 0.0214. The van der Waals surface area contributed by atoms with Gasteiger partial charge in [0, 0.05) is 0 Å².